The molecule has 8 heteroatoms. The van der Waals surface area contributed by atoms with Gasteiger partial charge in [0.15, 0.2) is 11.5 Å². The maximum atomic E-state index is 13.5. The monoisotopic (exact) mass is 496 g/mol. The number of hydrogen-bond donors (Lipinski definition) is 0. The fraction of sp³-hybridized carbons (Fsp3) is 0.333. The second-order valence-electron chi connectivity index (χ2n) is 8.37. The average Bonchev–Trinajstić information content (AvgIpc) is 2.91. The van der Waals surface area contributed by atoms with Gasteiger partial charge in [-0.25, -0.2) is 8.42 Å². The Morgan fingerprint density at radius 1 is 0.886 bits per heavy atom. The molecule has 0 amide bonds. The van der Waals surface area contributed by atoms with Gasteiger partial charge < -0.3 is 14.2 Å². The van der Waals surface area contributed by atoms with Gasteiger partial charge in [-0.15, -0.1) is 0 Å². The van der Waals surface area contributed by atoms with Gasteiger partial charge in [-0.2, -0.15) is 4.31 Å². The molecule has 0 aromatic heterocycles. The smallest absolute Gasteiger partial charge is 0.243 e. The van der Waals surface area contributed by atoms with Gasteiger partial charge in [-0.3, -0.25) is 4.90 Å². The first-order chi connectivity index (χ1) is 17.1. The van der Waals surface area contributed by atoms with Crippen LogP contribution in [-0.4, -0.2) is 64.1 Å². The Hall–Kier alpha value is -2.91. The predicted octanol–water partition coefficient (Wildman–Crippen LogP) is 3.80. The van der Waals surface area contributed by atoms with Gasteiger partial charge in [0.2, 0.25) is 10.0 Å². The zero-order valence-electron chi connectivity index (χ0n) is 20.0. The molecule has 4 rings (SSSR count). The number of hydrogen-bond acceptors (Lipinski definition) is 6. The Balaban J connectivity index is 1.52. The molecule has 0 aliphatic carbocycles. The molecule has 0 bridgehead atoms. The minimum Gasteiger partial charge on any atom is -0.493 e. The maximum absolute atomic E-state index is 13.5. The maximum Gasteiger partial charge on any atom is 0.243 e. The molecular weight excluding hydrogens is 464 g/mol. The van der Waals surface area contributed by atoms with Crippen LogP contribution in [0.1, 0.15) is 11.1 Å². The summed E-state index contributed by atoms with van der Waals surface area (Å²) in [4.78, 5) is 2.52. The van der Waals surface area contributed by atoms with E-state index >= 15 is 0 Å². The predicted molar refractivity (Wildman–Crippen MR) is 135 cm³/mol. The SMILES string of the molecule is COc1cc(CN(CCN2CCOCC2)S(=O)(=O)c2ccccc2)ccc1OCc1ccccc1. The van der Waals surface area contributed by atoms with Crippen LogP contribution in [-0.2, 0) is 27.9 Å². The van der Waals surface area contributed by atoms with Crippen LogP contribution in [0.2, 0.25) is 0 Å². The van der Waals surface area contributed by atoms with Gasteiger partial charge >= 0.3 is 0 Å². The van der Waals surface area contributed by atoms with Crippen molar-refractivity contribution in [1.29, 1.82) is 0 Å². The highest BCUT2D eigenvalue weighted by Crippen LogP contribution is 2.30. The van der Waals surface area contributed by atoms with E-state index in [1.165, 1.54) is 4.31 Å². The van der Waals surface area contributed by atoms with Crippen molar-refractivity contribution in [3.63, 3.8) is 0 Å². The van der Waals surface area contributed by atoms with Crippen molar-refractivity contribution in [2.45, 2.75) is 18.0 Å². The van der Waals surface area contributed by atoms with E-state index in [1.54, 1.807) is 31.4 Å². The summed E-state index contributed by atoms with van der Waals surface area (Å²) in [5.41, 5.74) is 1.89. The quantitative estimate of drug-likeness (QED) is 0.402. The minimum atomic E-state index is -3.67. The van der Waals surface area contributed by atoms with Crippen LogP contribution in [0.3, 0.4) is 0 Å². The van der Waals surface area contributed by atoms with E-state index in [1.807, 2.05) is 54.6 Å². The lowest BCUT2D eigenvalue weighted by Crippen LogP contribution is -2.42. The van der Waals surface area contributed by atoms with Crippen LogP contribution < -0.4 is 9.47 Å². The summed E-state index contributed by atoms with van der Waals surface area (Å²) in [5.74, 6) is 1.19. The number of ether oxygens (including phenoxy) is 3. The molecule has 0 spiro atoms. The fourth-order valence-corrected chi connectivity index (χ4v) is 5.41. The lowest BCUT2D eigenvalue weighted by Gasteiger charge is -2.30. The zero-order valence-corrected chi connectivity index (χ0v) is 20.8. The molecular formula is C27H32N2O5S. The van der Waals surface area contributed by atoms with Crippen LogP contribution in [0.15, 0.2) is 83.8 Å². The van der Waals surface area contributed by atoms with Crippen LogP contribution in [0.25, 0.3) is 0 Å². The second-order valence-corrected chi connectivity index (χ2v) is 10.3. The van der Waals surface area contributed by atoms with Crippen LogP contribution >= 0.6 is 0 Å². The summed E-state index contributed by atoms with van der Waals surface area (Å²) >= 11 is 0. The molecule has 3 aromatic carbocycles. The van der Waals surface area contributed by atoms with Crippen molar-refractivity contribution in [3.8, 4) is 11.5 Å². The van der Waals surface area contributed by atoms with Gasteiger partial charge in [0.25, 0.3) is 0 Å². The lowest BCUT2D eigenvalue weighted by molar-refractivity contribution is 0.0361. The van der Waals surface area contributed by atoms with Gasteiger partial charge in [-0.1, -0.05) is 54.6 Å². The van der Waals surface area contributed by atoms with Gasteiger partial charge in [0.05, 0.1) is 25.2 Å². The summed E-state index contributed by atoms with van der Waals surface area (Å²) < 4.78 is 45.5. The van der Waals surface area contributed by atoms with Crippen molar-refractivity contribution in [2.75, 3.05) is 46.5 Å². The first-order valence-electron chi connectivity index (χ1n) is 11.8. The summed E-state index contributed by atoms with van der Waals surface area (Å²) in [7, 11) is -2.08. The standard InChI is InChI=1S/C27H32N2O5S/c1-32-27-20-24(12-13-26(27)34-22-23-8-4-2-5-9-23)21-29(15-14-28-16-18-33-19-17-28)35(30,31)25-10-6-3-7-11-25/h2-13,20H,14-19,21-22H2,1H3. The molecule has 0 radical (unpaired) electrons. The highest BCUT2D eigenvalue weighted by molar-refractivity contribution is 7.89. The zero-order chi connectivity index (χ0) is 24.5. The molecule has 0 N–H and O–H groups in total. The second kappa shape index (κ2) is 12.2. The third-order valence-corrected chi connectivity index (χ3v) is 7.83. The van der Waals surface area contributed by atoms with Crippen molar-refractivity contribution >= 4 is 10.0 Å². The van der Waals surface area contributed by atoms with E-state index in [-0.39, 0.29) is 11.4 Å². The van der Waals surface area contributed by atoms with Crippen LogP contribution in [0.4, 0.5) is 0 Å². The van der Waals surface area contributed by atoms with Crippen molar-refractivity contribution in [3.05, 3.63) is 90.0 Å². The normalized spacial score (nSPS) is 14.7. The highest BCUT2D eigenvalue weighted by atomic mass is 32.2. The first-order valence-corrected chi connectivity index (χ1v) is 13.2. The van der Waals surface area contributed by atoms with Gasteiger partial charge in [0.1, 0.15) is 6.61 Å². The topological polar surface area (TPSA) is 68.3 Å². The summed E-state index contributed by atoms with van der Waals surface area (Å²) in [5, 5.41) is 0. The molecule has 0 atom stereocenters. The minimum absolute atomic E-state index is 0.233. The Morgan fingerprint density at radius 2 is 1.57 bits per heavy atom. The molecule has 35 heavy (non-hydrogen) atoms. The molecule has 1 heterocycles. The van der Waals surface area contributed by atoms with Gasteiger partial charge in [0, 0.05) is 32.7 Å². The van der Waals surface area contributed by atoms with E-state index in [4.69, 9.17) is 14.2 Å². The number of methoxy groups -OCH3 is 1. The van der Waals surface area contributed by atoms with E-state index in [2.05, 4.69) is 4.90 Å². The molecule has 1 fully saturated rings. The number of morpholine rings is 1. The van der Waals surface area contributed by atoms with Crippen LogP contribution in [0.5, 0.6) is 11.5 Å². The molecule has 3 aromatic rings. The Bertz CT molecular complexity index is 1170. The van der Waals surface area contributed by atoms with E-state index in [0.717, 1.165) is 24.2 Å². The van der Waals surface area contributed by atoms with Crippen molar-refractivity contribution in [1.82, 2.24) is 9.21 Å². The largest absolute Gasteiger partial charge is 0.493 e. The summed E-state index contributed by atoms with van der Waals surface area (Å²) in [6, 6.07) is 24.1. The number of rotatable bonds is 11. The molecule has 1 aliphatic rings. The van der Waals surface area contributed by atoms with E-state index in [0.29, 0.717) is 44.4 Å². The average molecular weight is 497 g/mol. The molecule has 7 nitrogen and oxygen atoms in total. The number of benzene rings is 3. The third-order valence-electron chi connectivity index (χ3n) is 5.97. The number of sulfonamides is 1. The van der Waals surface area contributed by atoms with E-state index in [9.17, 15) is 8.42 Å². The van der Waals surface area contributed by atoms with Gasteiger partial charge in [-0.05, 0) is 35.4 Å². The third kappa shape index (κ3) is 6.82. The lowest BCUT2D eigenvalue weighted by atomic mass is 10.2. The highest BCUT2D eigenvalue weighted by Gasteiger charge is 2.26. The molecule has 1 aliphatic heterocycles. The summed E-state index contributed by atoms with van der Waals surface area (Å²) in [6.07, 6.45) is 0. The fourth-order valence-electron chi connectivity index (χ4n) is 3.97. The number of nitrogens with zero attached hydrogens (tertiary/aromatic N) is 2. The molecule has 1 saturated heterocycles. The molecule has 186 valence electrons. The Labute approximate surface area is 207 Å². The molecule has 0 saturated carbocycles. The van der Waals surface area contributed by atoms with E-state index < -0.39 is 10.0 Å². The Morgan fingerprint density at radius 3 is 2.26 bits per heavy atom. The van der Waals surface area contributed by atoms with Crippen molar-refractivity contribution < 1.29 is 22.6 Å². The molecule has 0 unspecified atom stereocenters. The first kappa shape index (κ1) is 25.2. The summed E-state index contributed by atoms with van der Waals surface area (Å²) in [6.45, 7) is 4.64. The van der Waals surface area contributed by atoms with Crippen molar-refractivity contribution in [2.24, 2.45) is 0 Å². The Kier molecular flexibility index (Phi) is 8.76. The van der Waals surface area contributed by atoms with Crippen LogP contribution in [0, 0.1) is 0 Å².